The normalized spacial score (nSPS) is 24.0. The van der Waals surface area contributed by atoms with Gasteiger partial charge in [-0.2, -0.15) is 0 Å². The Kier molecular flexibility index (Phi) is 5.02. The summed E-state index contributed by atoms with van der Waals surface area (Å²) in [5, 5.41) is 0. The molecular weight excluding hydrogens is 298 g/mol. The predicted octanol–water partition coefficient (Wildman–Crippen LogP) is 3.76. The minimum absolute atomic E-state index is 0.137. The number of nitrogens with one attached hydrogen (secondary N) is 1. The largest absolute Gasteiger partial charge is 0.310 e. The minimum atomic E-state index is 0.137. The lowest BCUT2D eigenvalue weighted by Gasteiger charge is -2.33. The minimum Gasteiger partial charge on any atom is -0.310 e. The molecule has 0 atom stereocenters. The van der Waals surface area contributed by atoms with Gasteiger partial charge in [0.1, 0.15) is 5.82 Å². The van der Waals surface area contributed by atoms with Gasteiger partial charge in [-0.1, -0.05) is 38.5 Å². The number of aromatic amines is 1. The lowest BCUT2D eigenvalue weighted by Crippen LogP contribution is -2.38. The third-order valence-electron chi connectivity index (χ3n) is 6.40. The SMILES string of the molecule is O=c1[nH]c(C2CCCCC2)nc2c1CCN(CC1CCCCC1)C2. The summed E-state index contributed by atoms with van der Waals surface area (Å²) in [5.41, 5.74) is 2.16. The molecule has 0 spiro atoms. The van der Waals surface area contributed by atoms with Crippen LogP contribution in [0.2, 0.25) is 0 Å². The predicted molar refractivity (Wildman–Crippen MR) is 96.2 cm³/mol. The van der Waals surface area contributed by atoms with Crippen LogP contribution in [0.1, 0.15) is 87.2 Å². The number of aromatic nitrogens is 2. The Labute approximate surface area is 145 Å². The second-order valence-corrected chi connectivity index (χ2v) is 8.20. The van der Waals surface area contributed by atoms with Crippen LogP contribution in [0.25, 0.3) is 0 Å². The fraction of sp³-hybridized carbons (Fsp3) is 0.800. The molecule has 0 aromatic carbocycles. The first-order chi connectivity index (χ1) is 11.8. The second kappa shape index (κ2) is 7.38. The van der Waals surface area contributed by atoms with Crippen molar-refractivity contribution >= 4 is 0 Å². The van der Waals surface area contributed by atoms with E-state index >= 15 is 0 Å². The Morgan fingerprint density at radius 1 is 1.00 bits per heavy atom. The van der Waals surface area contributed by atoms with Gasteiger partial charge in [0.25, 0.3) is 5.56 Å². The van der Waals surface area contributed by atoms with Crippen molar-refractivity contribution in [2.24, 2.45) is 5.92 Å². The van der Waals surface area contributed by atoms with Crippen LogP contribution >= 0.6 is 0 Å². The Balaban J connectivity index is 1.48. The monoisotopic (exact) mass is 329 g/mol. The van der Waals surface area contributed by atoms with E-state index in [4.69, 9.17) is 4.98 Å². The van der Waals surface area contributed by atoms with Crippen molar-refractivity contribution in [3.8, 4) is 0 Å². The second-order valence-electron chi connectivity index (χ2n) is 8.20. The van der Waals surface area contributed by atoms with E-state index < -0.39 is 0 Å². The van der Waals surface area contributed by atoms with Crippen LogP contribution in [0.15, 0.2) is 4.79 Å². The van der Waals surface area contributed by atoms with E-state index in [1.54, 1.807) is 0 Å². The number of hydrogen-bond donors (Lipinski definition) is 1. The molecule has 1 aliphatic heterocycles. The Morgan fingerprint density at radius 2 is 1.71 bits per heavy atom. The van der Waals surface area contributed by atoms with Gasteiger partial charge in [-0.25, -0.2) is 4.98 Å². The lowest BCUT2D eigenvalue weighted by atomic mass is 9.88. The van der Waals surface area contributed by atoms with Crippen LogP contribution in [0.3, 0.4) is 0 Å². The van der Waals surface area contributed by atoms with Crippen LogP contribution in [0.5, 0.6) is 0 Å². The van der Waals surface area contributed by atoms with Crippen molar-refractivity contribution in [3.05, 3.63) is 27.4 Å². The average Bonchev–Trinajstić information content (AvgIpc) is 2.63. The molecule has 1 aromatic heterocycles. The third kappa shape index (κ3) is 3.58. The smallest absolute Gasteiger partial charge is 0.254 e. The maximum atomic E-state index is 12.5. The van der Waals surface area contributed by atoms with Crippen LogP contribution in [0, 0.1) is 5.92 Å². The zero-order valence-electron chi connectivity index (χ0n) is 14.9. The van der Waals surface area contributed by atoms with Crippen molar-refractivity contribution < 1.29 is 0 Å². The van der Waals surface area contributed by atoms with Gasteiger partial charge >= 0.3 is 0 Å². The highest BCUT2D eigenvalue weighted by atomic mass is 16.1. The summed E-state index contributed by atoms with van der Waals surface area (Å²) in [7, 11) is 0. The standard InChI is InChI=1S/C20H31N3O/c24-20-17-11-12-23(13-15-7-3-1-4-8-15)14-18(17)21-19(22-20)16-9-5-2-6-10-16/h15-16H,1-14H2,(H,21,22,24). The number of rotatable bonds is 3. The summed E-state index contributed by atoms with van der Waals surface area (Å²) in [6.07, 6.45) is 14.1. The molecule has 2 saturated carbocycles. The first-order valence-corrected chi connectivity index (χ1v) is 10.1. The van der Waals surface area contributed by atoms with Gasteiger partial charge in [0, 0.05) is 31.1 Å². The van der Waals surface area contributed by atoms with Gasteiger partial charge < -0.3 is 4.98 Å². The Morgan fingerprint density at radius 3 is 2.46 bits per heavy atom. The van der Waals surface area contributed by atoms with Gasteiger partial charge in [0.15, 0.2) is 0 Å². The molecule has 0 unspecified atom stereocenters. The van der Waals surface area contributed by atoms with Gasteiger partial charge in [0.2, 0.25) is 0 Å². The van der Waals surface area contributed by atoms with E-state index in [-0.39, 0.29) is 5.56 Å². The van der Waals surface area contributed by atoms with Crippen molar-refractivity contribution in [1.82, 2.24) is 14.9 Å². The highest BCUT2D eigenvalue weighted by Gasteiger charge is 2.26. The van der Waals surface area contributed by atoms with Crippen molar-refractivity contribution in [3.63, 3.8) is 0 Å². The summed E-state index contributed by atoms with van der Waals surface area (Å²) in [4.78, 5) is 23.1. The highest BCUT2D eigenvalue weighted by molar-refractivity contribution is 5.22. The fourth-order valence-electron chi connectivity index (χ4n) is 4.97. The highest BCUT2D eigenvalue weighted by Crippen LogP contribution is 2.31. The van der Waals surface area contributed by atoms with E-state index in [1.165, 1.54) is 70.8 Å². The quantitative estimate of drug-likeness (QED) is 0.918. The first kappa shape index (κ1) is 16.3. The van der Waals surface area contributed by atoms with Crippen molar-refractivity contribution in [2.45, 2.75) is 83.1 Å². The van der Waals surface area contributed by atoms with Crippen LogP contribution in [-0.2, 0) is 13.0 Å². The van der Waals surface area contributed by atoms with Crippen molar-refractivity contribution in [2.75, 3.05) is 13.1 Å². The van der Waals surface area contributed by atoms with E-state index in [2.05, 4.69) is 9.88 Å². The summed E-state index contributed by atoms with van der Waals surface area (Å²) in [6.45, 7) is 3.11. The zero-order chi connectivity index (χ0) is 16.4. The van der Waals surface area contributed by atoms with Gasteiger partial charge in [-0.05, 0) is 38.0 Å². The molecule has 1 aromatic rings. The topological polar surface area (TPSA) is 49.0 Å². The number of hydrogen-bond acceptors (Lipinski definition) is 3. The Bertz CT molecular complexity index is 612. The Hall–Kier alpha value is -1.16. The number of H-pyrrole nitrogens is 1. The van der Waals surface area contributed by atoms with E-state index in [0.717, 1.165) is 42.5 Å². The lowest BCUT2D eigenvalue weighted by molar-refractivity contribution is 0.183. The zero-order valence-corrected chi connectivity index (χ0v) is 14.9. The molecule has 2 aliphatic carbocycles. The van der Waals surface area contributed by atoms with Gasteiger partial charge in [-0.15, -0.1) is 0 Å². The molecule has 4 rings (SSSR count). The molecule has 4 nitrogen and oxygen atoms in total. The summed E-state index contributed by atoms with van der Waals surface area (Å²) in [5.74, 6) is 2.31. The third-order valence-corrected chi connectivity index (χ3v) is 6.40. The molecule has 132 valence electrons. The molecular formula is C20H31N3O. The first-order valence-electron chi connectivity index (χ1n) is 10.1. The van der Waals surface area contributed by atoms with Crippen LogP contribution in [0.4, 0.5) is 0 Å². The summed E-state index contributed by atoms with van der Waals surface area (Å²) in [6, 6.07) is 0. The molecule has 2 heterocycles. The molecule has 24 heavy (non-hydrogen) atoms. The molecule has 0 bridgehead atoms. The molecule has 2 fully saturated rings. The molecule has 0 saturated heterocycles. The van der Waals surface area contributed by atoms with E-state index in [1.807, 2.05) is 0 Å². The van der Waals surface area contributed by atoms with Gasteiger partial charge in [-0.3, -0.25) is 9.69 Å². The molecule has 1 N–H and O–H groups in total. The molecule has 0 radical (unpaired) electrons. The summed E-state index contributed by atoms with van der Waals surface area (Å²) < 4.78 is 0. The van der Waals surface area contributed by atoms with Gasteiger partial charge in [0.05, 0.1) is 5.69 Å². The van der Waals surface area contributed by atoms with Crippen LogP contribution in [-0.4, -0.2) is 28.0 Å². The number of fused-ring (bicyclic) bond motifs is 1. The molecule has 0 amide bonds. The molecule has 3 aliphatic rings. The maximum absolute atomic E-state index is 12.5. The summed E-state index contributed by atoms with van der Waals surface area (Å²) >= 11 is 0. The van der Waals surface area contributed by atoms with E-state index in [9.17, 15) is 4.79 Å². The van der Waals surface area contributed by atoms with E-state index in [0.29, 0.717) is 5.92 Å². The molecule has 4 heteroatoms. The fourth-order valence-corrected chi connectivity index (χ4v) is 4.97. The maximum Gasteiger partial charge on any atom is 0.254 e. The average molecular weight is 329 g/mol. The number of nitrogens with zero attached hydrogens (tertiary/aromatic N) is 2. The van der Waals surface area contributed by atoms with Crippen LogP contribution < -0.4 is 5.56 Å². The van der Waals surface area contributed by atoms with Crippen molar-refractivity contribution in [1.29, 1.82) is 0 Å².